The Bertz CT molecular complexity index is 835. The molecule has 128 valence electrons. The van der Waals surface area contributed by atoms with E-state index < -0.39 is 0 Å². The first kappa shape index (κ1) is 17.4. The van der Waals surface area contributed by atoms with E-state index in [4.69, 9.17) is 4.74 Å². The third kappa shape index (κ3) is 5.04. The van der Waals surface area contributed by atoms with Gasteiger partial charge < -0.3 is 10.1 Å². The van der Waals surface area contributed by atoms with Gasteiger partial charge in [0.15, 0.2) is 4.34 Å². The molecule has 3 rings (SSSR count). The molecule has 1 N–H and O–H groups in total. The summed E-state index contributed by atoms with van der Waals surface area (Å²) in [5, 5.41) is 11.5. The number of nitrogens with one attached hydrogen (secondary N) is 1. The molecular weight excluding hydrogens is 354 g/mol. The van der Waals surface area contributed by atoms with E-state index in [0.717, 1.165) is 26.5 Å². The lowest BCUT2D eigenvalue weighted by molar-refractivity contribution is -0.115. The monoisotopic (exact) mass is 371 g/mol. The first-order valence-electron chi connectivity index (χ1n) is 7.71. The molecule has 0 aliphatic rings. The molecule has 0 aliphatic carbocycles. The number of benzene rings is 2. The van der Waals surface area contributed by atoms with Crippen LogP contribution in [0.1, 0.15) is 11.9 Å². The van der Waals surface area contributed by atoms with Crippen LogP contribution in [0.25, 0.3) is 0 Å². The number of hydrogen-bond acceptors (Lipinski definition) is 6. The summed E-state index contributed by atoms with van der Waals surface area (Å²) in [6.45, 7) is 3.75. The molecule has 1 atom stereocenters. The van der Waals surface area contributed by atoms with E-state index in [1.54, 1.807) is 0 Å². The predicted molar refractivity (Wildman–Crippen MR) is 102 cm³/mol. The van der Waals surface area contributed by atoms with E-state index in [0.29, 0.717) is 0 Å². The van der Waals surface area contributed by atoms with E-state index in [-0.39, 0.29) is 11.2 Å². The Morgan fingerprint density at radius 1 is 1.08 bits per heavy atom. The second-order valence-corrected chi connectivity index (χ2v) is 8.05. The van der Waals surface area contributed by atoms with Crippen LogP contribution in [-0.2, 0) is 4.79 Å². The van der Waals surface area contributed by atoms with Gasteiger partial charge in [-0.1, -0.05) is 41.3 Å². The van der Waals surface area contributed by atoms with Gasteiger partial charge in [0.2, 0.25) is 5.91 Å². The smallest absolute Gasteiger partial charge is 0.237 e. The van der Waals surface area contributed by atoms with Crippen molar-refractivity contribution in [3.05, 3.63) is 59.6 Å². The van der Waals surface area contributed by atoms with Crippen LogP contribution in [0.15, 0.2) is 58.9 Å². The fraction of sp³-hybridized carbons (Fsp3) is 0.167. The second kappa shape index (κ2) is 8.13. The maximum atomic E-state index is 12.3. The summed E-state index contributed by atoms with van der Waals surface area (Å²) in [7, 11) is 0. The molecule has 0 radical (unpaired) electrons. The third-order valence-corrected chi connectivity index (χ3v) is 5.28. The number of aromatic nitrogens is 2. The first-order chi connectivity index (χ1) is 12.1. The van der Waals surface area contributed by atoms with E-state index >= 15 is 0 Å². The molecule has 0 bridgehead atoms. The third-order valence-electron chi connectivity index (χ3n) is 3.26. The SMILES string of the molecule is Cc1nnc(S[C@@H](C)C(=O)Nc2ccc(Oc3ccccc3)cc2)s1. The minimum Gasteiger partial charge on any atom is -0.457 e. The van der Waals surface area contributed by atoms with Gasteiger partial charge in [-0.2, -0.15) is 0 Å². The minimum atomic E-state index is -0.257. The largest absolute Gasteiger partial charge is 0.457 e. The molecule has 0 saturated heterocycles. The molecule has 0 unspecified atom stereocenters. The molecule has 0 saturated carbocycles. The van der Waals surface area contributed by atoms with Crippen molar-refractivity contribution in [3.63, 3.8) is 0 Å². The van der Waals surface area contributed by atoms with Crippen LogP contribution in [0, 0.1) is 6.92 Å². The van der Waals surface area contributed by atoms with Crippen molar-refractivity contribution in [2.75, 3.05) is 5.32 Å². The summed E-state index contributed by atoms with van der Waals surface area (Å²) >= 11 is 2.89. The summed E-state index contributed by atoms with van der Waals surface area (Å²) in [5.74, 6) is 1.42. The summed E-state index contributed by atoms with van der Waals surface area (Å²) in [6.07, 6.45) is 0. The van der Waals surface area contributed by atoms with Crippen molar-refractivity contribution >= 4 is 34.7 Å². The Balaban J connectivity index is 1.56. The first-order valence-corrected chi connectivity index (χ1v) is 9.40. The number of para-hydroxylation sites is 1. The number of rotatable bonds is 6. The fourth-order valence-corrected chi connectivity index (χ4v) is 3.97. The van der Waals surface area contributed by atoms with Crippen LogP contribution >= 0.6 is 23.1 Å². The standard InChI is InChI=1S/C18H17N3O2S2/c1-12(24-18-21-20-13(2)25-18)17(22)19-14-8-10-16(11-9-14)23-15-6-4-3-5-7-15/h3-12H,1-2H3,(H,19,22)/t12-/m0/s1. The average molecular weight is 371 g/mol. The van der Waals surface area contributed by atoms with E-state index in [1.807, 2.05) is 68.4 Å². The van der Waals surface area contributed by atoms with Gasteiger partial charge in [-0.3, -0.25) is 4.79 Å². The van der Waals surface area contributed by atoms with E-state index in [9.17, 15) is 4.79 Å². The van der Waals surface area contributed by atoms with Gasteiger partial charge in [0.25, 0.3) is 0 Å². The molecule has 0 aliphatic heterocycles. The topological polar surface area (TPSA) is 64.1 Å². The van der Waals surface area contributed by atoms with Crippen molar-refractivity contribution in [2.45, 2.75) is 23.4 Å². The van der Waals surface area contributed by atoms with Gasteiger partial charge >= 0.3 is 0 Å². The maximum Gasteiger partial charge on any atom is 0.237 e. The molecular formula is C18H17N3O2S2. The molecule has 1 aromatic heterocycles. The fourth-order valence-electron chi connectivity index (χ4n) is 2.01. The lowest BCUT2D eigenvalue weighted by Gasteiger charge is -2.11. The van der Waals surface area contributed by atoms with Crippen LogP contribution in [0.5, 0.6) is 11.5 Å². The molecule has 5 nitrogen and oxygen atoms in total. The number of carbonyl (C=O) groups is 1. The Morgan fingerprint density at radius 3 is 2.40 bits per heavy atom. The molecule has 0 fully saturated rings. The molecule has 2 aromatic carbocycles. The lowest BCUT2D eigenvalue weighted by atomic mass is 10.3. The second-order valence-electron chi connectivity index (χ2n) is 5.28. The molecule has 1 amide bonds. The summed E-state index contributed by atoms with van der Waals surface area (Å²) < 4.78 is 6.53. The van der Waals surface area contributed by atoms with Gasteiger partial charge in [-0.25, -0.2) is 0 Å². The Kier molecular flexibility index (Phi) is 5.67. The molecule has 7 heteroatoms. The molecule has 3 aromatic rings. The zero-order chi connectivity index (χ0) is 17.6. The van der Waals surface area contributed by atoms with Crippen LogP contribution in [0.2, 0.25) is 0 Å². The van der Waals surface area contributed by atoms with Gasteiger partial charge in [0.1, 0.15) is 16.5 Å². The van der Waals surface area contributed by atoms with E-state index in [2.05, 4.69) is 15.5 Å². The van der Waals surface area contributed by atoms with E-state index in [1.165, 1.54) is 23.1 Å². The molecule has 25 heavy (non-hydrogen) atoms. The number of hydrogen-bond donors (Lipinski definition) is 1. The highest BCUT2D eigenvalue weighted by Gasteiger charge is 2.16. The number of nitrogens with zero attached hydrogens (tertiary/aromatic N) is 2. The predicted octanol–water partition coefficient (Wildman–Crippen LogP) is 4.76. The van der Waals surface area contributed by atoms with Crippen LogP contribution in [-0.4, -0.2) is 21.4 Å². The minimum absolute atomic E-state index is 0.0745. The molecule has 1 heterocycles. The number of anilines is 1. The van der Waals surface area contributed by atoms with Crippen molar-refractivity contribution in [2.24, 2.45) is 0 Å². The average Bonchev–Trinajstić information content (AvgIpc) is 3.02. The Hall–Kier alpha value is -2.38. The highest BCUT2D eigenvalue weighted by Crippen LogP contribution is 2.27. The highest BCUT2D eigenvalue weighted by molar-refractivity contribution is 8.02. The van der Waals surface area contributed by atoms with Crippen molar-refractivity contribution in [3.8, 4) is 11.5 Å². The van der Waals surface area contributed by atoms with Crippen molar-refractivity contribution < 1.29 is 9.53 Å². The Labute approximate surface area is 154 Å². The zero-order valence-electron chi connectivity index (χ0n) is 13.8. The molecule has 0 spiro atoms. The van der Waals surface area contributed by atoms with Gasteiger partial charge in [0, 0.05) is 5.69 Å². The van der Waals surface area contributed by atoms with Crippen LogP contribution in [0.4, 0.5) is 5.69 Å². The number of carbonyl (C=O) groups excluding carboxylic acids is 1. The zero-order valence-corrected chi connectivity index (χ0v) is 15.4. The Morgan fingerprint density at radius 2 is 1.76 bits per heavy atom. The van der Waals surface area contributed by atoms with Crippen molar-refractivity contribution in [1.29, 1.82) is 0 Å². The van der Waals surface area contributed by atoms with Crippen LogP contribution < -0.4 is 10.1 Å². The number of aryl methyl sites for hydroxylation is 1. The lowest BCUT2D eigenvalue weighted by Crippen LogP contribution is -2.22. The summed E-state index contributed by atoms with van der Waals surface area (Å²) in [6, 6.07) is 16.9. The highest BCUT2D eigenvalue weighted by atomic mass is 32.2. The van der Waals surface area contributed by atoms with Gasteiger partial charge in [0.05, 0.1) is 5.25 Å². The maximum absolute atomic E-state index is 12.3. The number of amides is 1. The summed E-state index contributed by atoms with van der Waals surface area (Å²) in [4.78, 5) is 12.3. The van der Waals surface area contributed by atoms with Crippen molar-refractivity contribution in [1.82, 2.24) is 10.2 Å². The summed E-state index contributed by atoms with van der Waals surface area (Å²) in [5.41, 5.74) is 0.728. The van der Waals surface area contributed by atoms with Gasteiger partial charge in [-0.15, -0.1) is 10.2 Å². The van der Waals surface area contributed by atoms with Gasteiger partial charge in [-0.05, 0) is 50.2 Å². The van der Waals surface area contributed by atoms with Crippen LogP contribution in [0.3, 0.4) is 0 Å². The quantitative estimate of drug-likeness (QED) is 0.633. The normalized spacial score (nSPS) is 11.8. The number of ether oxygens (including phenoxy) is 1. The number of thioether (sulfide) groups is 1.